The number of halogens is 1. The highest BCUT2D eigenvalue weighted by molar-refractivity contribution is 7.09. The predicted molar refractivity (Wildman–Crippen MR) is 94.9 cm³/mol. The van der Waals surface area contributed by atoms with E-state index in [-0.39, 0.29) is 12.3 Å². The number of thiazole rings is 1. The van der Waals surface area contributed by atoms with Crippen molar-refractivity contribution in [3.8, 4) is 0 Å². The Morgan fingerprint density at radius 1 is 1.38 bits per heavy atom. The van der Waals surface area contributed by atoms with Gasteiger partial charge in [-0.2, -0.15) is 0 Å². The monoisotopic (exact) mass is 364 g/mol. The van der Waals surface area contributed by atoms with Crippen molar-refractivity contribution in [1.82, 2.24) is 10.3 Å². The Kier molecular flexibility index (Phi) is 6.52. The second-order valence-electron chi connectivity index (χ2n) is 5.02. The molecule has 0 saturated carbocycles. The third-order valence-electron chi connectivity index (χ3n) is 3.23. The van der Waals surface area contributed by atoms with Crippen LogP contribution in [0.1, 0.15) is 28.7 Å². The minimum Gasteiger partial charge on any atom is -0.469 e. The topological polar surface area (TPSA) is 68.3 Å². The summed E-state index contributed by atoms with van der Waals surface area (Å²) >= 11 is 7.39. The fraction of sp³-hybridized carbons (Fsp3) is 0.235. The van der Waals surface area contributed by atoms with Crippen molar-refractivity contribution in [2.45, 2.75) is 19.4 Å². The van der Waals surface area contributed by atoms with Crippen LogP contribution in [0.15, 0.2) is 35.7 Å². The maximum absolute atomic E-state index is 12.1. The molecule has 2 aromatic rings. The number of ether oxygens (including phenoxy) is 1. The molecule has 24 heavy (non-hydrogen) atoms. The molecule has 1 aromatic carbocycles. The summed E-state index contributed by atoms with van der Waals surface area (Å²) < 4.78 is 4.70. The van der Waals surface area contributed by atoms with Gasteiger partial charge < -0.3 is 10.1 Å². The summed E-state index contributed by atoms with van der Waals surface area (Å²) in [6, 6.07) is 6.46. The largest absolute Gasteiger partial charge is 0.469 e. The Morgan fingerprint density at radius 3 is 2.67 bits per heavy atom. The Balaban J connectivity index is 2.09. The highest BCUT2D eigenvalue weighted by Crippen LogP contribution is 2.20. The molecule has 0 aliphatic carbocycles. The number of hydrogen-bond acceptors (Lipinski definition) is 5. The van der Waals surface area contributed by atoms with Crippen molar-refractivity contribution in [3.05, 3.63) is 57.0 Å². The summed E-state index contributed by atoms with van der Waals surface area (Å²) in [4.78, 5) is 28.0. The van der Waals surface area contributed by atoms with Crippen LogP contribution in [0, 0.1) is 6.92 Å². The highest BCUT2D eigenvalue weighted by Gasteiger charge is 2.18. The lowest BCUT2D eigenvalue weighted by molar-refractivity contribution is -0.141. The van der Waals surface area contributed by atoms with E-state index in [1.54, 1.807) is 30.3 Å². The SMILES string of the molecule is COC(=O)CC(NC(=O)/C=C/c1csc(C)n1)c1ccc(Cl)cc1. The summed E-state index contributed by atoms with van der Waals surface area (Å²) in [7, 11) is 1.31. The summed E-state index contributed by atoms with van der Waals surface area (Å²) in [6.45, 7) is 1.90. The quantitative estimate of drug-likeness (QED) is 0.628. The van der Waals surface area contributed by atoms with Crippen molar-refractivity contribution in [3.63, 3.8) is 0 Å². The number of rotatable bonds is 6. The average molecular weight is 365 g/mol. The molecule has 5 nitrogen and oxygen atoms in total. The van der Waals surface area contributed by atoms with Crippen LogP contribution in [0.4, 0.5) is 0 Å². The van der Waals surface area contributed by atoms with Crippen LogP contribution < -0.4 is 5.32 Å². The van der Waals surface area contributed by atoms with E-state index in [1.165, 1.54) is 24.5 Å². The van der Waals surface area contributed by atoms with Gasteiger partial charge in [-0.25, -0.2) is 4.98 Å². The minimum atomic E-state index is -0.496. The first-order chi connectivity index (χ1) is 11.5. The molecule has 0 spiro atoms. The van der Waals surface area contributed by atoms with E-state index < -0.39 is 12.0 Å². The van der Waals surface area contributed by atoms with Crippen LogP contribution in [0.5, 0.6) is 0 Å². The van der Waals surface area contributed by atoms with Crippen molar-refractivity contribution in [2.24, 2.45) is 0 Å². The van der Waals surface area contributed by atoms with Crippen LogP contribution in [-0.2, 0) is 14.3 Å². The molecule has 1 amide bonds. The van der Waals surface area contributed by atoms with Gasteiger partial charge in [-0.15, -0.1) is 11.3 Å². The van der Waals surface area contributed by atoms with Gasteiger partial charge in [0.25, 0.3) is 0 Å². The standard InChI is InChI=1S/C17H17ClN2O3S/c1-11-19-14(10-24-11)7-8-16(21)20-15(9-17(22)23-2)12-3-5-13(18)6-4-12/h3-8,10,15H,9H2,1-2H3,(H,20,21)/b8-7+. The minimum absolute atomic E-state index is 0.0352. The van der Waals surface area contributed by atoms with Crippen molar-refractivity contribution < 1.29 is 14.3 Å². The van der Waals surface area contributed by atoms with Gasteiger partial charge in [-0.3, -0.25) is 9.59 Å². The van der Waals surface area contributed by atoms with Crippen LogP contribution in [0.3, 0.4) is 0 Å². The first kappa shape index (κ1) is 18.2. The lowest BCUT2D eigenvalue weighted by Crippen LogP contribution is -2.29. The molecule has 0 saturated heterocycles. The predicted octanol–water partition coefficient (Wildman–Crippen LogP) is 3.54. The molecule has 126 valence electrons. The lowest BCUT2D eigenvalue weighted by atomic mass is 10.0. The number of esters is 1. The number of methoxy groups -OCH3 is 1. The van der Waals surface area contributed by atoms with Crippen LogP contribution in [0.25, 0.3) is 6.08 Å². The average Bonchev–Trinajstić information content (AvgIpc) is 2.98. The molecule has 1 unspecified atom stereocenters. The van der Waals surface area contributed by atoms with E-state index in [2.05, 4.69) is 10.3 Å². The molecule has 0 radical (unpaired) electrons. The first-order valence-corrected chi connectivity index (χ1v) is 8.46. The van der Waals surface area contributed by atoms with E-state index in [0.29, 0.717) is 5.02 Å². The van der Waals surface area contributed by atoms with Gasteiger partial charge in [0.1, 0.15) is 0 Å². The third kappa shape index (κ3) is 5.47. The molecular formula is C17H17ClN2O3S. The van der Waals surface area contributed by atoms with E-state index in [1.807, 2.05) is 12.3 Å². The van der Waals surface area contributed by atoms with E-state index in [9.17, 15) is 9.59 Å². The first-order valence-electron chi connectivity index (χ1n) is 7.21. The van der Waals surface area contributed by atoms with Crippen LogP contribution in [0.2, 0.25) is 5.02 Å². The van der Waals surface area contributed by atoms with Crippen LogP contribution in [-0.4, -0.2) is 24.0 Å². The van der Waals surface area contributed by atoms with Gasteiger partial charge in [-0.05, 0) is 30.7 Å². The number of hydrogen-bond donors (Lipinski definition) is 1. The summed E-state index contributed by atoms with van der Waals surface area (Å²) in [5.74, 6) is -0.723. The number of benzene rings is 1. The van der Waals surface area contributed by atoms with E-state index in [0.717, 1.165) is 16.3 Å². The number of nitrogens with zero attached hydrogens (tertiary/aromatic N) is 1. The molecule has 1 N–H and O–H groups in total. The molecule has 2 rings (SSSR count). The van der Waals surface area contributed by atoms with Gasteiger partial charge in [0, 0.05) is 16.5 Å². The number of aromatic nitrogens is 1. The van der Waals surface area contributed by atoms with Crippen molar-refractivity contribution in [2.75, 3.05) is 7.11 Å². The van der Waals surface area contributed by atoms with Gasteiger partial charge in [0.15, 0.2) is 0 Å². The molecular weight excluding hydrogens is 348 g/mol. The molecule has 1 atom stereocenters. The Morgan fingerprint density at radius 2 is 2.08 bits per heavy atom. The Labute approximate surface area is 149 Å². The second kappa shape index (κ2) is 8.61. The molecule has 1 aromatic heterocycles. The third-order valence-corrected chi connectivity index (χ3v) is 4.27. The van der Waals surface area contributed by atoms with Crippen molar-refractivity contribution >= 4 is 40.9 Å². The molecule has 0 fully saturated rings. The zero-order chi connectivity index (χ0) is 17.5. The molecule has 0 aliphatic heterocycles. The summed E-state index contributed by atoms with van der Waals surface area (Å²) in [5, 5.41) is 6.18. The maximum atomic E-state index is 12.1. The van der Waals surface area contributed by atoms with E-state index >= 15 is 0 Å². The molecule has 7 heteroatoms. The number of amides is 1. The fourth-order valence-electron chi connectivity index (χ4n) is 2.03. The highest BCUT2D eigenvalue weighted by atomic mass is 35.5. The number of nitrogens with one attached hydrogen (secondary N) is 1. The number of carbonyl (C=O) groups is 2. The number of carbonyl (C=O) groups excluding carboxylic acids is 2. The van der Waals surface area contributed by atoms with Gasteiger partial charge in [0.05, 0.1) is 30.3 Å². The fourth-order valence-corrected chi connectivity index (χ4v) is 2.74. The smallest absolute Gasteiger partial charge is 0.307 e. The van der Waals surface area contributed by atoms with E-state index in [4.69, 9.17) is 16.3 Å². The Hall–Kier alpha value is -2.18. The molecule has 1 heterocycles. The molecule has 0 bridgehead atoms. The van der Waals surface area contributed by atoms with Gasteiger partial charge in [-0.1, -0.05) is 23.7 Å². The maximum Gasteiger partial charge on any atom is 0.307 e. The second-order valence-corrected chi connectivity index (χ2v) is 6.52. The zero-order valence-electron chi connectivity index (χ0n) is 13.3. The van der Waals surface area contributed by atoms with Crippen molar-refractivity contribution in [1.29, 1.82) is 0 Å². The van der Waals surface area contributed by atoms with Crippen LogP contribution >= 0.6 is 22.9 Å². The normalized spacial score (nSPS) is 12.1. The number of aryl methyl sites for hydroxylation is 1. The zero-order valence-corrected chi connectivity index (χ0v) is 14.9. The summed E-state index contributed by atoms with van der Waals surface area (Å²) in [5.41, 5.74) is 1.50. The van der Waals surface area contributed by atoms with Gasteiger partial charge in [0.2, 0.25) is 5.91 Å². The van der Waals surface area contributed by atoms with Gasteiger partial charge >= 0.3 is 5.97 Å². The Bertz CT molecular complexity index is 741. The summed E-state index contributed by atoms with van der Waals surface area (Å²) in [6.07, 6.45) is 3.07. The molecule has 0 aliphatic rings. The lowest BCUT2D eigenvalue weighted by Gasteiger charge is -2.17.